The number of rotatable bonds is 7. The first-order chi connectivity index (χ1) is 9.75. The lowest BCUT2D eigenvalue weighted by molar-refractivity contribution is -0.430. The Balaban J connectivity index is 6.29. The van der Waals surface area contributed by atoms with Gasteiger partial charge < -0.3 is 0 Å². The number of alkyl halides is 14. The lowest BCUT2D eigenvalue weighted by atomic mass is 9.92. The van der Waals surface area contributed by atoms with E-state index in [1.807, 2.05) is 0 Å². The maximum Gasteiger partial charge on any atom is 0.384 e. The second kappa shape index (κ2) is 5.50. The molecule has 0 saturated carbocycles. The second-order valence-corrected chi connectivity index (χ2v) is 3.95. The summed E-state index contributed by atoms with van der Waals surface area (Å²) in [4.78, 5) is 0. The molecule has 0 aromatic carbocycles. The van der Waals surface area contributed by atoms with Crippen molar-refractivity contribution < 1.29 is 65.9 Å². The molecule has 1 radical (unpaired) electrons. The average Bonchev–Trinajstić information content (AvgIpc) is 2.37. The van der Waals surface area contributed by atoms with E-state index in [1.54, 1.807) is 0 Å². The molecule has 139 valence electrons. The monoisotopic (exact) mass is 383 g/mol. The molecule has 0 nitrogen and oxygen atoms in total. The van der Waals surface area contributed by atoms with Crippen molar-refractivity contribution >= 4 is 0 Å². The van der Waals surface area contributed by atoms with Crippen LogP contribution in [0.25, 0.3) is 0 Å². The van der Waals surface area contributed by atoms with E-state index < -0.39 is 48.6 Å². The Kier molecular flexibility index (Phi) is 5.25. The lowest BCUT2D eigenvalue weighted by Gasteiger charge is -2.40. The Morgan fingerprint density at radius 1 is 0.522 bits per heavy atom. The predicted octanol–water partition coefficient (Wildman–Crippen LogP) is 5.19. The lowest BCUT2D eigenvalue weighted by Crippen LogP contribution is -2.71. The molecule has 0 saturated heterocycles. The predicted molar refractivity (Wildman–Crippen MR) is 41.1 cm³/mol. The van der Waals surface area contributed by atoms with Crippen LogP contribution in [-0.2, 0) is 0 Å². The Labute approximate surface area is 116 Å². The summed E-state index contributed by atoms with van der Waals surface area (Å²) in [5.41, 5.74) is 0. The van der Waals surface area contributed by atoms with Gasteiger partial charge in [-0.05, 0) is 0 Å². The van der Waals surface area contributed by atoms with Crippen molar-refractivity contribution in [3.8, 4) is 0 Å². The maximum absolute atomic E-state index is 12.7. The molecular formula is C8H2F15. The normalized spacial score (nSPS) is 16.2. The van der Waals surface area contributed by atoms with Crippen molar-refractivity contribution in [2.24, 2.45) is 0 Å². The first kappa shape index (κ1) is 21.9. The van der Waals surface area contributed by atoms with Crippen molar-refractivity contribution in [2.75, 3.05) is 0 Å². The summed E-state index contributed by atoms with van der Waals surface area (Å²) in [6, 6.07) is 0. The minimum atomic E-state index is -8.12. The van der Waals surface area contributed by atoms with Crippen LogP contribution >= 0.6 is 0 Å². The quantitative estimate of drug-likeness (QED) is 0.531. The van der Waals surface area contributed by atoms with Crippen molar-refractivity contribution in [1.82, 2.24) is 0 Å². The van der Waals surface area contributed by atoms with E-state index in [0.29, 0.717) is 0 Å². The molecule has 0 amide bonds. The summed E-state index contributed by atoms with van der Waals surface area (Å²) in [6.07, 6.45) is -5.75. The smallest absolute Gasteiger partial charge is 0.237 e. The topological polar surface area (TPSA) is 0 Å². The molecule has 0 spiro atoms. The highest BCUT2D eigenvalue weighted by atomic mass is 19.4. The molecule has 0 aliphatic rings. The summed E-state index contributed by atoms with van der Waals surface area (Å²) < 4.78 is 185. The molecule has 0 heterocycles. The molecule has 0 aromatic heterocycles. The van der Waals surface area contributed by atoms with E-state index in [1.165, 1.54) is 0 Å². The van der Waals surface area contributed by atoms with E-state index in [4.69, 9.17) is 0 Å². The largest absolute Gasteiger partial charge is 0.384 e. The van der Waals surface area contributed by atoms with Crippen LogP contribution in [0.1, 0.15) is 0 Å². The van der Waals surface area contributed by atoms with Gasteiger partial charge >= 0.3 is 42.0 Å². The molecule has 0 fully saturated rings. The number of hydrogen-bond donors (Lipinski definition) is 0. The van der Waals surface area contributed by atoms with Gasteiger partial charge in [0.25, 0.3) is 0 Å². The van der Waals surface area contributed by atoms with Gasteiger partial charge in [0.05, 0.1) is 0 Å². The third-order valence-corrected chi connectivity index (χ3v) is 2.43. The van der Waals surface area contributed by atoms with Crippen LogP contribution in [0.5, 0.6) is 0 Å². The van der Waals surface area contributed by atoms with E-state index in [2.05, 4.69) is 0 Å². The summed E-state index contributed by atoms with van der Waals surface area (Å²) in [6.45, 7) is -2.58. The highest BCUT2D eigenvalue weighted by molar-refractivity contribution is 5.13. The zero-order valence-electron chi connectivity index (χ0n) is 9.82. The molecule has 15 heteroatoms. The average molecular weight is 383 g/mol. The highest BCUT2D eigenvalue weighted by Gasteiger charge is 2.91. The SMILES string of the molecule is F[CH]C(F)(F)C(F)(F)C(F)(F)C(F)(F)C(F)(F)C(F)(F)C(F)F. The standard InChI is InChI=1S/C8H2F15/c9-1-3(12,13)5(16,17)7(20,21)8(22,23)6(18,19)4(14,15)2(10)11/h1-2H. The van der Waals surface area contributed by atoms with Crippen LogP contribution in [0, 0.1) is 6.67 Å². The molecule has 0 atom stereocenters. The fraction of sp³-hybridized carbons (Fsp3) is 0.875. The fourth-order valence-electron chi connectivity index (χ4n) is 1.02. The molecule has 0 aromatic rings. The molecular weight excluding hydrogens is 381 g/mol. The summed E-state index contributed by atoms with van der Waals surface area (Å²) in [5.74, 6) is -45.8. The van der Waals surface area contributed by atoms with Gasteiger partial charge in [0, 0.05) is 0 Å². The minimum Gasteiger partial charge on any atom is -0.237 e. The third kappa shape index (κ3) is 2.68. The van der Waals surface area contributed by atoms with Crippen LogP contribution < -0.4 is 0 Å². The van der Waals surface area contributed by atoms with Gasteiger partial charge in [0.15, 0.2) is 0 Å². The molecule has 0 rings (SSSR count). The number of hydrogen-bond acceptors (Lipinski definition) is 0. The zero-order chi connectivity index (χ0) is 19.3. The van der Waals surface area contributed by atoms with Crippen LogP contribution in [-0.4, -0.2) is 42.0 Å². The van der Waals surface area contributed by atoms with Crippen molar-refractivity contribution in [1.29, 1.82) is 0 Å². The van der Waals surface area contributed by atoms with Gasteiger partial charge in [-0.1, -0.05) is 0 Å². The summed E-state index contributed by atoms with van der Waals surface area (Å²) in [5, 5.41) is 0. The maximum atomic E-state index is 12.7. The van der Waals surface area contributed by atoms with E-state index >= 15 is 0 Å². The van der Waals surface area contributed by atoms with Gasteiger partial charge in [-0.3, -0.25) is 0 Å². The Morgan fingerprint density at radius 3 is 1.09 bits per heavy atom. The molecule has 0 aliphatic carbocycles. The molecule has 0 N–H and O–H groups in total. The minimum absolute atomic E-state index is 2.58. The third-order valence-electron chi connectivity index (χ3n) is 2.43. The second-order valence-electron chi connectivity index (χ2n) is 3.95. The number of halogens is 15. The van der Waals surface area contributed by atoms with Gasteiger partial charge in [-0.2, -0.15) is 52.7 Å². The first-order valence-electron chi connectivity index (χ1n) is 4.75. The molecule has 23 heavy (non-hydrogen) atoms. The van der Waals surface area contributed by atoms with Crippen LogP contribution in [0.4, 0.5) is 65.9 Å². The summed E-state index contributed by atoms with van der Waals surface area (Å²) >= 11 is 0. The van der Waals surface area contributed by atoms with Crippen LogP contribution in [0.2, 0.25) is 0 Å². The van der Waals surface area contributed by atoms with Crippen molar-refractivity contribution in [3.05, 3.63) is 6.67 Å². The van der Waals surface area contributed by atoms with Gasteiger partial charge in [-0.15, -0.1) is 0 Å². The zero-order valence-corrected chi connectivity index (χ0v) is 9.82. The van der Waals surface area contributed by atoms with Gasteiger partial charge in [0.1, 0.15) is 0 Å². The molecule has 0 aliphatic heterocycles. The van der Waals surface area contributed by atoms with Crippen LogP contribution in [0.3, 0.4) is 0 Å². The molecule has 0 unspecified atom stereocenters. The first-order valence-corrected chi connectivity index (χ1v) is 4.75. The highest BCUT2D eigenvalue weighted by Crippen LogP contribution is 2.61. The summed E-state index contributed by atoms with van der Waals surface area (Å²) in [7, 11) is 0. The fourth-order valence-corrected chi connectivity index (χ4v) is 1.02. The van der Waals surface area contributed by atoms with Gasteiger partial charge in [0.2, 0.25) is 6.67 Å². The van der Waals surface area contributed by atoms with E-state index in [-0.39, 0.29) is 0 Å². The van der Waals surface area contributed by atoms with Crippen molar-refractivity contribution in [3.63, 3.8) is 0 Å². The van der Waals surface area contributed by atoms with E-state index in [0.717, 1.165) is 0 Å². The Morgan fingerprint density at radius 2 is 0.826 bits per heavy atom. The van der Waals surface area contributed by atoms with Crippen LogP contribution in [0.15, 0.2) is 0 Å². The van der Waals surface area contributed by atoms with Gasteiger partial charge in [-0.25, -0.2) is 13.2 Å². The molecule has 0 bridgehead atoms. The van der Waals surface area contributed by atoms with E-state index in [9.17, 15) is 65.9 Å². The van der Waals surface area contributed by atoms with Crippen molar-refractivity contribution in [2.45, 2.75) is 42.0 Å². The Hall–Kier alpha value is -1.05. The Bertz CT molecular complexity index is 421.